The van der Waals surface area contributed by atoms with Crippen LogP contribution in [0.1, 0.15) is 106 Å². The molecule has 3 aliphatic rings. The van der Waals surface area contributed by atoms with E-state index < -0.39 is 81.7 Å². The third kappa shape index (κ3) is 12.9. The standard InChI is InChI=1S/C45H74N6O10S/c1-12-28(4)38(49(9)43(55)37(27(2)3)48-42(54)39-31-20-21-33(24-31)51(39)44(56)61-45(6,7)8)35(59-10)25-36(52)50-22-16-19-34(50)40(60-11)29(5)41(53)47-32(26-62(46,57)58)23-30-17-14-13-15-18-30/h13-15,17-18,27-29,31-35,37-40H,12,16,19-26H2,1-11H3,(H,47,53)(H,48,54)(H2,46,57,58)/t28-,29+,31?,32-,33?,34-,35+,37-,38-,39?,40+/m0/s1. The number of benzene rings is 1. The normalized spacial score (nSPS) is 23.6. The quantitative estimate of drug-likeness (QED) is 0.172. The summed E-state index contributed by atoms with van der Waals surface area (Å²) < 4.78 is 42.0. The van der Waals surface area contributed by atoms with Crippen molar-refractivity contribution in [3.8, 4) is 0 Å². The summed E-state index contributed by atoms with van der Waals surface area (Å²) in [5.41, 5.74) is 0.110. The highest BCUT2D eigenvalue weighted by molar-refractivity contribution is 7.89. The zero-order valence-electron chi connectivity index (χ0n) is 38.8. The highest BCUT2D eigenvalue weighted by atomic mass is 32.2. The van der Waals surface area contributed by atoms with Gasteiger partial charge in [0, 0.05) is 39.9 Å². The van der Waals surface area contributed by atoms with Crippen molar-refractivity contribution in [3.05, 3.63) is 35.9 Å². The Hall–Kier alpha value is -3.80. The first-order valence-electron chi connectivity index (χ1n) is 22.3. The van der Waals surface area contributed by atoms with Gasteiger partial charge in [-0.05, 0) is 82.6 Å². The number of nitrogens with zero attached hydrogens (tertiary/aromatic N) is 3. The van der Waals surface area contributed by atoms with Crippen molar-refractivity contribution in [1.82, 2.24) is 25.3 Å². The zero-order valence-corrected chi connectivity index (χ0v) is 39.6. The lowest BCUT2D eigenvalue weighted by Crippen LogP contribution is -2.61. The second-order valence-corrected chi connectivity index (χ2v) is 20.8. The van der Waals surface area contributed by atoms with E-state index in [0.29, 0.717) is 32.2 Å². The van der Waals surface area contributed by atoms with Crippen LogP contribution in [0.4, 0.5) is 4.79 Å². The van der Waals surface area contributed by atoms with Crippen LogP contribution in [0, 0.1) is 23.7 Å². The number of hydrogen-bond donors (Lipinski definition) is 3. The lowest BCUT2D eigenvalue weighted by Gasteiger charge is -2.41. The van der Waals surface area contributed by atoms with Crippen LogP contribution in [0.25, 0.3) is 0 Å². The third-order valence-electron chi connectivity index (χ3n) is 13.1. The minimum absolute atomic E-state index is 0.0269. The van der Waals surface area contributed by atoms with Crippen molar-refractivity contribution in [2.45, 2.75) is 161 Å². The van der Waals surface area contributed by atoms with Crippen LogP contribution in [-0.4, -0.2) is 140 Å². The van der Waals surface area contributed by atoms with Gasteiger partial charge in [0.25, 0.3) is 0 Å². The highest BCUT2D eigenvalue weighted by Crippen LogP contribution is 2.43. The summed E-state index contributed by atoms with van der Waals surface area (Å²) in [6.45, 7) is 15.3. The van der Waals surface area contributed by atoms with E-state index >= 15 is 0 Å². The number of carbonyl (C=O) groups is 5. The Morgan fingerprint density at radius 2 is 1.63 bits per heavy atom. The van der Waals surface area contributed by atoms with E-state index in [9.17, 15) is 32.4 Å². The summed E-state index contributed by atoms with van der Waals surface area (Å²) >= 11 is 0. The van der Waals surface area contributed by atoms with Crippen molar-refractivity contribution in [2.75, 3.05) is 33.6 Å². The molecule has 3 unspecified atom stereocenters. The van der Waals surface area contributed by atoms with Crippen LogP contribution in [0.3, 0.4) is 0 Å². The van der Waals surface area contributed by atoms with Crippen molar-refractivity contribution >= 4 is 39.7 Å². The molecule has 2 heterocycles. The number of likely N-dealkylation sites (N-methyl/N-ethyl adjacent to an activating group) is 1. The van der Waals surface area contributed by atoms with Crippen molar-refractivity contribution in [1.29, 1.82) is 0 Å². The number of amides is 5. The Bertz CT molecular complexity index is 1810. The minimum atomic E-state index is -3.92. The summed E-state index contributed by atoms with van der Waals surface area (Å²) in [4.78, 5) is 75.0. The van der Waals surface area contributed by atoms with E-state index in [2.05, 4.69) is 10.6 Å². The Balaban J connectivity index is 1.49. The average molecular weight is 891 g/mol. The fourth-order valence-corrected chi connectivity index (χ4v) is 10.6. The SMILES string of the molecule is CC[C@H](C)[C@@H]([C@@H](CC(=O)N1CCC[C@H]1[C@H](OC)[C@@H](C)C(=O)N[C@@H](Cc1ccccc1)CS(N)(=O)=O)OC)N(C)C(=O)[C@@H](NC(=O)C1C2CCC(C2)N1C(=O)OC(C)(C)C)C(C)C. The topological polar surface area (TPSA) is 207 Å². The first-order valence-corrected chi connectivity index (χ1v) is 24.0. The molecule has 2 aliphatic heterocycles. The van der Waals surface area contributed by atoms with Crippen LogP contribution >= 0.6 is 0 Å². The predicted octanol–water partition coefficient (Wildman–Crippen LogP) is 3.85. The van der Waals surface area contributed by atoms with Crippen LogP contribution in [-0.2, 0) is 49.8 Å². The largest absolute Gasteiger partial charge is 0.444 e. The number of methoxy groups -OCH3 is 2. The monoisotopic (exact) mass is 891 g/mol. The molecule has 1 saturated carbocycles. The first-order chi connectivity index (χ1) is 29.0. The highest BCUT2D eigenvalue weighted by Gasteiger charge is 2.53. The molecule has 62 heavy (non-hydrogen) atoms. The maximum Gasteiger partial charge on any atom is 0.411 e. The predicted molar refractivity (Wildman–Crippen MR) is 236 cm³/mol. The number of hydrogen-bond acceptors (Lipinski definition) is 10. The third-order valence-corrected chi connectivity index (χ3v) is 13.9. The maximum absolute atomic E-state index is 14.6. The molecule has 0 radical (unpaired) electrons. The molecular weight excluding hydrogens is 817 g/mol. The summed E-state index contributed by atoms with van der Waals surface area (Å²) in [6.07, 6.45) is 2.51. The van der Waals surface area contributed by atoms with E-state index in [1.165, 1.54) is 14.2 Å². The van der Waals surface area contributed by atoms with Crippen molar-refractivity contribution in [2.24, 2.45) is 28.8 Å². The van der Waals surface area contributed by atoms with Crippen LogP contribution < -0.4 is 15.8 Å². The van der Waals surface area contributed by atoms with Gasteiger partial charge in [-0.2, -0.15) is 0 Å². The van der Waals surface area contributed by atoms with Crippen LogP contribution in [0.15, 0.2) is 30.3 Å². The number of nitrogens with one attached hydrogen (secondary N) is 2. The van der Waals surface area contributed by atoms with Gasteiger partial charge in [-0.3, -0.25) is 24.1 Å². The molecule has 4 rings (SSSR count). The number of primary sulfonamides is 1. The molecule has 2 bridgehead atoms. The zero-order chi connectivity index (χ0) is 46.3. The van der Waals surface area contributed by atoms with Gasteiger partial charge in [0.05, 0.1) is 42.4 Å². The van der Waals surface area contributed by atoms with Gasteiger partial charge in [-0.25, -0.2) is 18.4 Å². The Labute approximate surface area is 369 Å². The molecule has 1 aliphatic carbocycles. The molecule has 0 aromatic heterocycles. The fourth-order valence-electron chi connectivity index (χ4n) is 9.84. The molecule has 17 heteroatoms. The fraction of sp³-hybridized carbons (Fsp3) is 0.756. The Kier molecular flexibility index (Phi) is 17.8. The summed E-state index contributed by atoms with van der Waals surface area (Å²) in [7, 11) is 0.781. The molecule has 2 saturated heterocycles. The number of piperidine rings is 1. The molecule has 1 aromatic carbocycles. The molecule has 350 valence electrons. The molecular formula is C45H74N6O10S. The molecule has 3 fully saturated rings. The molecule has 16 nitrogen and oxygen atoms in total. The molecule has 1 aromatic rings. The second kappa shape index (κ2) is 21.7. The number of carbonyl (C=O) groups excluding carboxylic acids is 5. The van der Waals surface area contributed by atoms with Crippen LogP contribution in [0.5, 0.6) is 0 Å². The van der Waals surface area contributed by atoms with E-state index in [-0.39, 0.29) is 54.4 Å². The second-order valence-electron chi connectivity index (χ2n) is 19.1. The molecule has 5 amide bonds. The van der Waals surface area contributed by atoms with Crippen molar-refractivity contribution in [3.63, 3.8) is 0 Å². The summed E-state index contributed by atoms with van der Waals surface area (Å²) in [6, 6.07) is 5.68. The Morgan fingerprint density at radius 3 is 2.19 bits per heavy atom. The lowest BCUT2D eigenvalue weighted by molar-refractivity contribution is -0.148. The van der Waals surface area contributed by atoms with Crippen LogP contribution in [0.2, 0.25) is 0 Å². The Morgan fingerprint density at radius 1 is 0.968 bits per heavy atom. The molecule has 4 N–H and O–H groups in total. The molecule has 11 atom stereocenters. The van der Waals surface area contributed by atoms with Gasteiger partial charge in [0.1, 0.15) is 17.7 Å². The average Bonchev–Trinajstić information content (AvgIpc) is 3.96. The summed E-state index contributed by atoms with van der Waals surface area (Å²) in [5.74, 6) is -2.98. The number of sulfonamides is 1. The van der Waals surface area contributed by atoms with E-state index in [0.717, 1.165) is 18.4 Å². The van der Waals surface area contributed by atoms with Gasteiger partial charge in [0.2, 0.25) is 33.7 Å². The van der Waals surface area contributed by atoms with E-state index in [4.69, 9.17) is 19.3 Å². The van der Waals surface area contributed by atoms with Gasteiger partial charge in [-0.15, -0.1) is 0 Å². The van der Waals surface area contributed by atoms with Gasteiger partial charge in [0.15, 0.2) is 0 Å². The van der Waals surface area contributed by atoms with E-state index in [1.807, 2.05) is 58.0 Å². The van der Waals surface area contributed by atoms with E-state index in [1.54, 1.807) is 49.4 Å². The number of nitrogens with two attached hydrogens (primary N) is 1. The van der Waals surface area contributed by atoms with Crippen molar-refractivity contribution < 1.29 is 46.6 Å². The van der Waals surface area contributed by atoms with Gasteiger partial charge in [-0.1, -0.05) is 71.4 Å². The number of likely N-dealkylation sites (tertiary alicyclic amines) is 2. The first kappa shape index (κ1) is 50.8. The van der Waals surface area contributed by atoms with Gasteiger partial charge < -0.3 is 34.6 Å². The summed E-state index contributed by atoms with van der Waals surface area (Å²) in [5, 5.41) is 11.3. The smallest absolute Gasteiger partial charge is 0.411 e. The maximum atomic E-state index is 14.6. The number of rotatable bonds is 20. The lowest BCUT2D eigenvalue weighted by atomic mass is 9.89. The molecule has 0 spiro atoms. The minimum Gasteiger partial charge on any atom is -0.444 e. The van der Waals surface area contributed by atoms with Gasteiger partial charge >= 0.3 is 6.09 Å². The number of fused-ring (bicyclic) bond motifs is 2. The number of ether oxygens (including phenoxy) is 3.